The van der Waals surface area contributed by atoms with Crippen LogP contribution in [0.1, 0.15) is 11.1 Å². The monoisotopic (exact) mass is 313 g/mol. The minimum Gasteiger partial charge on any atom is -0.322 e. The molecule has 0 heterocycles. The van der Waals surface area contributed by atoms with Gasteiger partial charge < -0.3 is 5.32 Å². The SMILES string of the molecule is O=C(Nc1ccccc1)C1=CCc2cc(Br)ccc21. The normalized spacial score (nSPS) is 12.8. The third-order valence-electron chi connectivity index (χ3n) is 3.16. The average Bonchev–Trinajstić information content (AvgIpc) is 2.82. The van der Waals surface area contributed by atoms with Crippen molar-refractivity contribution in [1.82, 2.24) is 0 Å². The first kappa shape index (κ1) is 12.2. The van der Waals surface area contributed by atoms with Crippen LogP contribution in [0, 0.1) is 0 Å². The summed E-state index contributed by atoms with van der Waals surface area (Å²) >= 11 is 3.45. The number of halogens is 1. The van der Waals surface area contributed by atoms with Crippen LogP contribution < -0.4 is 5.32 Å². The van der Waals surface area contributed by atoms with Crippen LogP contribution in [0.3, 0.4) is 0 Å². The van der Waals surface area contributed by atoms with Gasteiger partial charge in [0.25, 0.3) is 5.91 Å². The van der Waals surface area contributed by atoms with Crippen LogP contribution in [0.4, 0.5) is 5.69 Å². The highest BCUT2D eigenvalue weighted by Gasteiger charge is 2.20. The average molecular weight is 314 g/mol. The molecule has 3 rings (SSSR count). The number of benzene rings is 2. The van der Waals surface area contributed by atoms with E-state index in [2.05, 4.69) is 27.3 Å². The van der Waals surface area contributed by atoms with Crippen molar-refractivity contribution >= 4 is 33.1 Å². The highest BCUT2D eigenvalue weighted by molar-refractivity contribution is 9.10. The van der Waals surface area contributed by atoms with E-state index in [0.29, 0.717) is 0 Å². The van der Waals surface area contributed by atoms with Gasteiger partial charge in [0, 0.05) is 15.7 Å². The Balaban J connectivity index is 1.84. The number of anilines is 1. The first-order valence-electron chi connectivity index (χ1n) is 6.09. The van der Waals surface area contributed by atoms with Crippen molar-refractivity contribution in [2.75, 3.05) is 5.32 Å². The summed E-state index contributed by atoms with van der Waals surface area (Å²) in [6.45, 7) is 0. The fourth-order valence-corrected chi connectivity index (χ4v) is 2.66. The predicted molar refractivity (Wildman–Crippen MR) is 80.9 cm³/mol. The molecule has 0 fully saturated rings. The summed E-state index contributed by atoms with van der Waals surface area (Å²) in [5.74, 6) is -0.0488. The highest BCUT2D eigenvalue weighted by Crippen LogP contribution is 2.30. The molecule has 1 aliphatic rings. The lowest BCUT2D eigenvalue weighted by Crippen LogP contribution is -2.12. The number of fused-ring (bicyclic) bond motifs is 1. The van der Waals surface area contributed by atoms with Gasteiger partial charge >= 0.3 is 0 Å². The van der Waals surface area contributed by atoms with Crippen LogP contribution >= 0.6 is 15.9 Å². The third-order valence-corrected chi connectivity index (χ3v) is 3.65. The van der Waals surface area contributed by atoms with Crippen molar-refractivity contribution in [3.63, 3.8) is 0 Å². The van der Waals surface area contributed by atoms with Gasteiger partial charge in [-0.1, -0.05) is 46.3 Å². The molecule has 0 aliphatic heterocycles. The maximum atomic E-state index is 12.3. The molecule has 1 aliphatic carbocycles. The largest absolute Gasteiger partial charge is 0.322 e. The molecular weight excluding hydrogens is 302 g/mol. The molecule has 0 spiro atoms. The number of hydrogen-bond donors (Lipinski definition) is 1. The highest BCUT2D eigenvalue weighted by atomic mass is 79.9. The molecule has 1 N–H and O–H groups in total. The second-order valence-electron chi connectivity index (χ2n) is 4.44. The summed E-state index contributed by atoms with van der Waals surface area (Å²) in [6, 6.07) is 15.5. The zero-order valence-electron chi connectivity index (χ0n) is 10.2. The van der Waals surface area contributed by atoms with E-state index >= 15 is 0 Å². The molecule has 0 radical (unpaired) electrons. The van der Waals surface area contributed by atoms with Crippen LogP contribution in [-0.4, -0.2) is 5.91 Å². The molecule has 2 aromatic rings. The molecule has 0 aromatic heterocycles. The van der Waals surface area contributed by atoms with E-state index in [9.17, 15) is 4.79 Å². The lowest BCUT2D eigenvalue weighted by Gasteiger charge is -2.07. The smallest absolute Gasteiger partial charge is 0.255 e. The molecule has 94 valence electrons. The van der Waals surface area contributed by atoms with Gasteiger partial charge in [0.05, 0.1) is 0 Å². The van der Waals surface area contributed by atoms with Crippen molar-refractivity contribution in [2.24, 2.45) is 0 Å². The van der Waals surface area contributed by atoms with Gasteiger partial charge in [-0.15, -0.1) is 0 Å². The zero-order valence-corrected chi connectivity index (χ0v) is 11.8. The number of rotatable bonds is 2. The van der Waals surface area contributed by atoms with Crippen LogP contribution in [0.15, 0.2) is 59.1 Å². The van der Waals surface area contributed by atoms with Gasteiger partial charge in [0.2, 0.25) is 0 Å². The fourth-order valence-electron chi connectivity index (χ4n) is 2.25. The number of amides is 1. The maximum Gasteiger partial charge on any atom is 0.255 e. The van der Waals surface area contributed by atoms with Gasteiger partial charge in [-0.05, 0) is 41.8 Å². The van der Waals surface area contributed by atoms with Gasteiger partial charge in [0.1, 0.15) is 0 Å². The summed E-state index contributed by atoms with van der Waals surface area (Å²) in [4.78, 5) is 12.3. The van der Waals surface area contributed by atoms with E-state index in [0.717, 1.165) is 27.7 Å². The van der Waals surface area contributed by atoms with Gasteiger partial charge in [-0.3, -0.25) is 4.79 Å². The van der Waals surface area contributed by atoms with Crippen LogP contribution in [0.5, 0.6) is 0 Å². The predicted octanol–water partition coefficient (Wildman–Crippen LogP) is 4.03. The second-order valence-corrected chi connectivity index (χ2v) is 5.36. The van der Waals surface area contributed by atoms with E-state index in [4.69, 9.17) is 0 Å². The number of hydrogen-bond acceptors (Lipinski definition) is 1. The minimum atomic E-state index is -0.0488. The second kappa shape index (κ2) is 5.02. The Kier molecular flexibility index (Phi) is 3.22. The quantitative estimate of drug-likeness (QED) is 0.891. The fraction of sp³-hybridized carbons (Fsp3) is 0.0625. The van der Waals surface area contributed by atoms with E-state index in [1.807, 2.05) is 48.5 Å². The lowest BCUT2D eigenvalue weighted by molar-refractivity contribution is -0.111. The van der Waals surface area contributed by atoms with E-state index in [-0.39, 0.29) is 5.91 Å². The van der Waals surface area contributed by atoms with Gasteiger partial charge in [0.15, 0.2) is 0 Å². The van der Waals surface area contributed by atoms with E-state index < -0.39 is 0 Å². The molecule has 0 saturated heterocycles. The topological polar surface area (TPSA) is 29.1 Å². The number of allylic oxidation sites excluding steroid dienone is 1. The van der Waals surface area contributed by atoms with Crippen LogP contribution in [0.2, 0.25) is 0 Å². The number of para-hydroxylation sites is 1. The summed E-state index contributed by atoms with van der Waals surface area (Å²) < 4.78 is 1.05. The first-order chi connectivity index (χ1) is 9.24. The van der Waals surface area contributed by atoms with Crippen molar-refractivity contribution in [1.29, 1.82) is 0 Å². The molecule has 3 heteroatoms. The van der Waals surface area contributed by atoms with Crippen molar-refractivity contribution in [3.8, 4) is 0 Å². The first-order valence-corrected chi connectivity index (χ1v) is 6.89. The van der Waals surface area contributed by atoms with E-state index in [1.165, 1.54) is 5.56 Å². The number of carbonyl (C=O) groups excluding carboxylic acids is 1. The number of carbonyl (C=O) groups is 1. The molecule has 1 amide bonds. The molecule has 19 heavy (non-hydrogen) atoms. The summed E-state index contributed by atoms with van der Waals surface area (Å²) in [7, 11) is 0. The molecule has 0 bridgehead atoms. The Hall–Kier alpha value is -1.87. The Morgan fingerprint density at radius 1 is 1.11 bits per heavy atom. The molecule has 0 saturated carbocycles. The van der Waals surface area contributed by atoms with Gasteiger partial charge in [-0.2, -0.15) is 0 Å². The third kappa shape index (κ3) is 2.47. The lowest BCUT2D eigenvalue weighted by atomic mass is 10.1. The van der Waals surface area contributed by atoms with Crippen LogP contribution in [-0.2, 0) is 11.2 Å². The Morgan fingerprint density at radius 3 is 2.68 bits per heavy atom. The maximum absolute atomic E-state index is 12.3. The molecule has 0 unspecified atom stereocenters. The van der Waals surface area contributed by atoms with Crippen molar-refractivity contribution in [3.05, 3.63) is 70.2 Å². The Morgan fingerprint density at radius 2 is 1.89 bits per heavy atom. The molecular formula is C16H12BrNO. The standard InChI is InChI=1S/C16H12BrNO/c17-12-7-9-14-11(10-12)6-8-15(14)16(19)18-13-4-2-1-3-5-13/h1-5,7-10H,6H2,(H,18,19). The Bertz CT molecular complexity index is 662. The van der Waals surface area contributed by atoms with Gasteiger partial charge in [-0.25, -0.2) is 0 Å². The molecule has 2 nitrogen and oxygen atoms in total. The summed E-state index contributed by atoms with van der Waals surface area (Å²) in [5.41, 5.74) is 3.79. The summed E-state index contributed by atoms with van der Waals surface area (Å²) in [5, 5.41) is 2.92. The minimum absolute atomic E-state index is 0.0488. The summed E-state index contributed by atoms with van der Waals surface area (Å²) in [6.07, 6.45) is 2.79. The number of nitrogens with one attached hydrogen (secondary N) is 1. The zero-order chi connectivity index (χ0) is 13.2. The Labute approximate surface area is 120 Å². The molecule has 0 atom stereocenters. The molecule has 2 aromatic carbocycles. The van der Waals surface area contributed by atoms with E-state index in [1.54, 1.807) is 0 Å². The van der Waals surface area contributed by atoms with Crippen LogP contribution in [0.25, 0.3) is 5.57 Å². The van der Waals surface area contributed by atoms with Crippen molar-refractivity contribution < 1.29 is 4.79 Å². The van der Waals surface area contributed by atoms with Crippen molar-refractivity contribution in [2.45, 2.75) is 6.42 Å².